The molecule has 0 fully saturated rings. The van der Waals surface area contributed by atoms with Gasteiger partial charge in [0.05, 0.1) is 11.6 Å². The van der Waals surface area contributed by atoms with Gasteiger partial charge in [-0.15, -0.1) is 0 Å². The number of rotatable bonds is 3. The van der Waals surface area contributed by atoms with Gasteiger partial charge in [-0.1, -0.05) is 18.2 Å². The van der Waals surface area contributed by atoms with E-state index < -0.39 is 18.1 Å². The third kappa shape index (κ3) is 2.57. The van der Waals surface area contributed by atoms with E-state index >= 15 is 0 Å². The number of esters is 1. The molecule has 0 saturated heterocycles. The summed E-state index contributed by atoms with van der Waals surface area (Å²) in [6.45, 7) is 1.38. The normalized spacial score (nSPS) is 20.0. The third-order valence-electron chi connectivity index (χ3n) is 3.62. The van der Waals surface area contributed by atoms with Crippen molar-refractivity contribution < 1.29 is 18.7 Å². The van der Waals surface area contributed by atoms with Gasteiger partial charge < -0.3 is 10.1 Å². The van der Waals surface area contributed by atoms with Gasteiger partial charge in [0.25, 0.3) is 0 Å². The minimum Gasteiger partial charge on any atom is -0.448 e. The van der Waals surface area contributed by atoms with Crippen molar-refractivity contribution in [3.05, 3.63) is 65.5 Å². The van der Waals surface area contributed by atoms with Crippen LogP contribution in [0.25, 0.3) is 0 Å². The summed E-state index contributed by atoms with van der Waals surface area (Å²) in [5.41, 5.74) is 1.77. The Bertz CT molecular complexity index is 727. The maximum Gasteiger partial charge on any atom is 0.339 e. The molecule has 0 aliphatic carbocycles. The fraction of sp³-hybridized carbons (Fsp3) is 0.176. The van der Waals surface area contributed by atoms with Crippen LogP contribution in [0.3, 0.4) is 0 Å². The minimum absolute atomic E-state index is 0.248. The first-order valence-corrected chi connectivity index (χ1v) is 6.89. The van der Waals surface area contributed by atoms with E-state index in [0.717, 1.165) is 0 Å². The quantitative estimate of drug-likeness (QED) is 0.885. The van der Waals surface area contributed by atoms with Crippen LogP contribution in [-0.4, -0.2) is 17.9 Å². The average molecular weight is 299 g/mol. The number of ether oxygens (including phenoxy) is 1. The molecule has 0 spiro atoms. The number of fused-ring (bicyclic) bond motifs is 1. The van der Waals surface area contributed by atoms with Crippen LogP contribution in [0.15, 0.2) is 48.5 Å². The van der Waals surface area contributed by atoms with Crippen LogP contribution in [0.1, 0.15) is 28.9 Å². The molecule has 0 aromatic heterocycles. The first kappa shape index (κ1) is 14.3. The summed E-state index contributed by atoms with van der Waals surface area (Å²) in [4.78, 5) is 23.8. The van der Waals surface area contributed by atoms with E-state index in [2.05, 4.69) is 5.32 Å². The second-order valence-electron chi connectivity index (χ2n) is 5.15. The van der Waals surface area contributed by atoms with Gasteiger partial charge in [0.15, 0.2) is 11.9 Å². The van der Waals surface area contributed by atoms with Crippen LogP contribution < -0.4 is 5.32 Å². The molecule has 4 nitrogen and oxygen atoms in total. The largest absolute Gasteiger partial charge is 0.448 e. The molecule has 2 aromatic rings. The van der Waals surface area contributed by atoms with Crippen LogP contribution >= 0.6 is 0 Å². The van der Waals surface area contributed by atoms with Crippen molar-refractivity contribution in [2.75, 3.05) is 5.32 Å². The van der Waals surface area contributed by atoms with Gasteiger partial charge in [-0.3, -0.25) is 4.79 Å². The number of hydrogen-bond acceptors (Lipinski definition) is 4. The lowest BCUT2D eigenvalue weighted by molar-refractivity contribution is -0.126. The van der Waals surface area contributed by atoms with Gasteiger partial charge in [-0.05, 0) is 42.8 Å². The average Bonchev–Trinajstić information content (AvgIpc) is 2.52. The van der Waals surface area contributed by atoms with Crippen LogP contribution in [0.2, 0.25) is 0 Å². The van der Waals surface area contributed by atoms with Crippen LogP contribution in [-0.2, 0) is 9.53 Å². The van der Waals surface area contributed by atoms with E-state index in [4.69, 9.17) is 4.74 Å². The molecule has 1 aliphatic heterocycles. The molecule has 1 N–H and O–H groups in total. The number of anilines is 1. The van der Waals surface area contributed by atoms with E-state index in [9.17, 15) is 14.0 Å². The molecule has 22 heavy (non-hydrogen) atoms. The van der Waals surface area contributed by atoms with E-state index in [-0.39, 0.29) is 11.6 Å². The Kier molecular flexibility index (Phi) is 3.63. The Morgan fingerprint density at radius 3 is 2.50 bits per heavy atom. The highest BCUT2D eigenvalue weighted by atomic mass is 19.1. The second kappa shape index (κ2) is 5.60. The number of cyclic esters (lactones) is 1. The Balaban J connectivity index is 2.01. The molecule has 1 aliphatic rings. The first-order chi connectivity index (χ1) is 10.6. The summed E-state index contributed by atoms with van der Waals surface area (Å²) < 4.78 is 18.3. The highest BCUT2D eigenvalue weighted by Crippen LogP contribution is 2.32. The molecular formula is C17H14FNO3. The van der Waals surface area contributed by atoms with Crippen molar-refractivity contribution in [2.24, 2.45) is 0 Å². The number of carbonyl (C=O) groups is 2. The van der Waals surface area contributed by atoms with E-state index in [0.29, 0.717) is 16.8 Å². The molecule has 2 atom stereocenters. The van der Waals surface area contributed by atoms with E-state index in [1.54, 1.807) is 36.4 Å². The van der Waals surface area contributed by atoms with Crippen LogP contribution in [0.5, 0.6) is 0 Å². The lowest BCUT2D eigenvalue weighted by Crippen LogP contribution is -2.40. The van der Waals surface area contributed by atoms with Crippen LogP contribution in [0, 0.1) is 5.82 Å². The van der Waals surface area contributed by atoms with Gasteiger partial charge in [0.2, 0.25) is 0 Å². The molecule has 0 bridgehead atoms. The molecule has 0 saturated carbocycles. The monoisotopic (exact) mass is 299 g/mol. The second-order valence-corrected chi connectivity index (χ2v) is 5.15. The summed E-state index contributed by atoms with van der Waals surface area (Å²) in [5, 5.41) is 3.15. The van der Waals surface area contributed by atoms with E-state index in [1.807, 2.05) is 0 Å². The Morgan fingerprint density at radius 1 is 1.14 bits per heavy atom. The predicted octanol–water partition coefficient (Wildman–Crippen LogP) is 3.11. The van der Waals surface area contributed by atoms with Crippen molar-refractivity contribution in [3.63, 3.8) is 0 Å². The zero-order valence-electron chi connectivity index (χ0n) is 11.9. The molecule has 3 rings (SSSR count). The molecule has 112 valence electrons. The maximum atomic E-state index is 13.0. The fourth-order valence-corrected chi connectivity index (χ4v) is 2.56. The summed E-state index contributed by atoms with van der Waals surface area (Å²) in [6.07, 6.45) is -0.910. The molecule has 5 heteroatoms. The standard InChI is InChI=1S/C17H14FNO3/c1-10(20)16-15(19-12-8-6-11(18)7-9-12)13-4-2-3-5-14(13)17(21)22-16/h2-9,15-16,19H,1H3/t15-,16-/m0/s1. The zero-order valence-corrected chi connectivity index (χ0v) is 11.9. The number of halogens is 1. The van der Waals surface area contributed by atoms with Crippen LogP contribution in [0.4, 0.5) is 10.1 Å². The number of benzene rings is 2. The lowest BCUT2D eigenvalue weighted by Gasteiger charge is -2.32. The fourth-order valence-electron chi connectivity index (χ4n) is 2.56. The third-order valence-corrected chi connectivity index (χ3v) is 3.62. The minimum atomic E-state index is -0.910. The lowest BCUT2D eigenvalue weighted by atomic mass is 9.91. The topological polar surface area (TPSA) is 55.4 Å². The van der Waals surface area contributed by atoms with Gasteiger partial charge in [0.1, 0.15) is 5.82 Å². The Labute approximate surface area is 126 Å². The number of nitrogens with one attached hydrogen (secondary N) is 1. The van der Waals surface area contributed by atoms with Crippen molar-refractivity contribution in [1.82, 2.24) is 0 Å². The van der Waals surface area contributed by atoms with Gasteiger partial charge in [-0.2, -0.15) is 0 Å². The number of ketones is 1. The molecule has 2 aromatic carbocycles. The van der Waals surface area contributed by atoms with Gasteiger partial charge in [-0.25, -0.2) is 9.18 Å². The first-order valence-electron chi connectivity index (χ1n) is 6.89. The Hall–Kier alpha value is -2.69. The van der Waals surface area contributed by atoms with Crippen molar-refractivity contribution in [1.29, 1.82) is 0 Å². The summed E-state index contributed by atoms with van der Waals surface area (Å²) >= 11 is 0. The zero-order chi connectivity index (χ0) is 15.7. The maximum absolute atomic E-state index is 13.0. The SMILES string of the molecule is CC(=O)[C@@H]1OC(=O)c2ccccc2[C@@H]1Nc1ccc(F)cc1. The number of carbonyl (C=O) groups excluding carboxylic acids is 2. The smallest absolute Gasteiger partial charge is 0.339 e. The Morgan fingerprint density at radius 2 is 1.82 bits per heavy atom. The molecule has 0 unspecified atom stereocenters. The van der Waals surface area contributed by atoms with Crippen molar-refractivity contribution in [3.8, 4) is 0 Å². The van der Waals surface area contributed by atoms with Crippen molar-refractivity contribution >= 4 is 17.4 Å². The molecular weight excluding hydrogens is 285 g/mol. The molecule has 0 radical (unpaired) electrons. The molecule has 1 heterocycles. The molecule has 0 amide bonds. The van der Waals surface area contributed by atoms with Gasteiger partial charge >= 0.3 is 5.97 Å². The number of Topliss-reactive ketones (excluding diaryl/α,β-unsaturated/α-hetero) is 1. The summed E-state index contributed by atoms with van der Waals surface area (Å²) in [7, 11) is 0. The highest BCUT2D eigenvalue weighted by molar-refractivity contribution is 5.96. The summed E-state index contributed by atoms with van der Waals surface area (Å²) in [5.74, 6) is -1.10. The highest BCUT2D eigenvalue weighted by Gasteiger charge is 2.38. The van der Waals surface area contributed by atoms with Crippen molar-refractivity contribution in [2.45, 2.75) is 19.1 Å². The predicted molar refractivity (Wildman–Crippen MR) is 79.1 cm³/mol. The summed E-state index contributed by atoms with van der Waals surface area (Å²) in [6, 6.07) is 12.3. The van der Waals surface area contributed by atoms with Gasteiger partial charge in [0, 0.05) is 5.69 Å². The van der Waals surface area contributed by atoms with E-state index in [1.165, 1.54) is 19.1 Å². The number of hydrogen-bond donors (Lipinski definition) is 1.